The summed E-state index contributed by atoms with van der Waals surface area (Å²) in [5, 5.41) is 0. The van der Waals surface area contributed by atoms with Crippen LogP contribution in [0.4, 0.5) is 0 Å². The minimum Gasteiger partial charge on any atom is -0.378 e. The van der Waals surface area contributed by atoms with E-state index < -0.39 is 0 Å². The zero-order valence-corrected chi connectivity index (χ0v) is 10.3. The lowest BCUT2D eigenvalue weighted by molar-refractivity contribution is -0.136. The smallest absolute Gasteiger partial charge is 0.225 e. The summed E-state index contributed by atoms with van der Waals surface area (Å²) in [6.45, 7) is 3.98. The molecule has 3 heteroatoms. The fraction of sp³-hybridized carbons (Fsp3) is 0.923. The Hall–Kier alpha value is -0.570. The number of amides is 1. The van der Waals surface area contributed by atoms with Gasteiger partial charge in [-0.1, -0.05) is 6.92 Å². The van der Waals surface area contributed by atoms with Crippen molar-refractivity contribution in [3.63, 3.8) is 0 Å². The highest BCUT2D eigenvalue weighted by molar-refractivity contribution is 5.77. The van der Waals surface area contributed by atoms with Crippen molar-refractivity contribution in [3.05, 3.63) is 0 Å². The van der Waals surface area contributed by atoms with Crippen LogP contribution in [-0.4, -0.2) is 36.1 Å². The standard InChI is InChI=1S/C13H23NO2/c1-2-11-6-5-8-14(11)13(15)10-12-7-3-4-9-16-12/h11-12H,2-10H2,1H3. The third-order valence-corrected chi connectivity index (χ3v) is 3.85. The van der Waals surface area contributed by atoms with Crippen molar-refractivity contribution in [2.75, 3.05) is 13.2 Å². The van der Waals surface area contributed by atoms with Gasteiger partial charge in [-0.15, -0.1) is 0 Å². The van der Waals surface area contributed by atoms with Crippen molar-refractivity contribution in [2.24, 2.45) is 0 Å². The summed E-state index contributed by atoms with van der Waals surface area (Å²) >= 11 is 0. The molecular formula is C13H23NO2. The van der Waals surface area contributed by atoms with Crippen LogP contribution in [0.3, 0.4) is 0 Å². The maximum atomic E-state index is 12.1. The number of ether oxygens (including phenoxy) is 1. The molecule has 3 nitrogen and oxygen atoms in total. The van der Waals surface area contributed by atoms with Crippen molar-refractivity contribution < 1.29 is 9.53 Å². The first-order chi connectivity index (χ1) is 7.81. The van der Waals surface area contributed by atoms with E-state index >= 15 is 0 Å². The Labute approximate surface area is 98.1 Å². The van der Waals surface area contributed by atoms with Gasteiger partial charge in [-0.3, -0.25) is 4.79 Å². The molecule has 2 rings (SSSR count). The summed E-state index contributed by atoms with van der Waals surface area (Å²) in [6, 6.07) is 0.496. The Morgan fingerprint density at radius 2 is 2.19 bits per heavy atom. The van der Waals surface area contributed by atoms with Gasteiger partial charge in [-0.25, -0.2) is 0 Å². The SMILES string of the molecule is CCC1CCCN1C(=O)CC1CCCCO1. The van der Waals surface area contributed by atoms with Crippen LogP contribution in [0.15, 0.2) is 0 Å². The molecule has 0 aromatic heterocycles. The monoisotopic (exact) mass is 225 g/mol. The van der Waals surface area contributed by atoms with Crippen molar-refractivity contribution in [1.82, 2.24) is 4.90 Å². The number of carbonyl (C=O) groups is 1. The third-order valence-electron chi connectivity index (χ3n) is 3.85. The second-order valence-corrected chi connectivity index (χ2v) is 4.98. The van der Waals surface area contributed by atoms with Crippen LogP contribution in [0.1, 0.15) is 51.9 Å². The lowest BCUT2D eigenvalue weighted by Crippen LogP contribution is -2.38. The molecule has 0 aliphatic carbocycles. The van der Waals surface area contributed by atoms with Gasteiger partial charge in [0.05, 0.1) is 12.5 Å². The van der Waals surface area contributed by atoms with Crippen LogP contribution in [0.5, 0.6) is 0 Å². The van der Waals surface area contributed by atoms with Gasteiger partial charge in [0.15, 0.2) is 0 Å². The number of hydrogen-bond acceptors (Lipinski definition) is 2. The van der Waals surface area contributed by atoms with E-state index in [2.05, 4.69) is 11.8 Å². The highest BCUT2D eigenvalue weighted by Gasteiger charge is 2.29. The first-order valence-electron chi connectivity index (χ1n) is 6.72. The van der Waals surface area contributed by atoms with E-state index in [0.717, 1.165) is 32.4 Å². The summed E-state index contributed by atoms with van der Waals surface area (Å²) in [4.78, 5) is 14.2. The zero-order chi connectivity index (χ0) is 11.4. The Morgan fingerprint density at radius 3 is 2.88 bits per heavy atom. The van der Waals surface area contributed by atoms with E-state index in [-0.39, 0.29) is 6.10 Å². The molecule has 2 atom stereocenters. The fourth-order valence-corrected chi connectivity index (χ4v) is 2.87. The van der Waals surface area contributed by atoms with Crippen molar-refractivity contribution in [3.8, 4) is 0 Å². The number of hydrogen-bond donors (Lipinski definition) is 0. The Bertz CT molecular complexity index is 236. The molecule has 0 N–H and O–H groups in total. The van der Waals surface area contributed by atoms with E-state index in [9.17, 15) is 4.79 Å². The van der Waals surface area contributed by atoms with E-state index in [1.165, 1.54) is 19.3 Å². The van der Waals surface area contributed by atoms with Gasteiger partial charge >= 0.3 is 0 Å². The van der Waals surface area contributed by atoms with Gasteiger partial charge < -0.3 is 9.64 Å². The lowest BCUT2D eigenvalue weighted by atomic mass is 10.1. The molecule has 1 amide bonds. The van der Waals surface area contributed by atoms with E-state index in [1.807, 2.05) is 0 Å². The lowest BCUT2D eigenvalue weighted by Gasteiger charge is -2.27. The molecule has 0 bridgehead atoms. The number of nitrogens with zero attached hydrogens (tertiary/aromatic N) is 1. The van der Waals surface area contributed by atoms with Gasteiger partial charge in [-0.05, 0) is 38.5 Å². The molecule has 2 heterocycles. The Morgan fingerprint density at radius 1 is 1.31 bits per heavy atom. The molecular weight excluding hydrogens is 202 g/mol. The van der Waals surface area contributed by atoms with Crippen molar-refractivity contribution >= 4 is 5.91 Å². The zero-order valence-electron chi connectivity index (χ0n) is 10.3. The van der Waals surface area contributed by atoms with Gasteiger partial charge in [0.25, 0.3) is 0 Å². The molecule has 0 aromatic rings. The first-order valence-corrected chi connectivity index (χ1v) is 6.72. The van der Waals surface area contributed by atoms with Gasteiger partial charge in [0.1, 0.15) is 0 Å². The minimum absolute atomic E-state index is 0.194. The molecule has 0 aromatic carbocycles. The van der Waals surface area contributed by atoms with Crippen LogP contribution in [0.2, 0.25) is 0 Å². The predicted molar refractivity (Wildman–Crippen MR) is 63.2 cm³/mol. The number of carbonyl (C=O) groups excluding carboxylic acids is 1. The van der Waals surface area contributed by atoms with Crippen LogP contribution in [0.25, 0.3) is 0 Å². The molecule has 0 radical (unpaired) electrons. The van der Waals surface area contributed by atoms with Crippen LogP contribution in [0, 0.1) is 0 Å². The summed E-state index contributed by atoms with van der Waals surface area (Å²) in [5.41, 5.74) is 0. The minimum atomic E-state index is 0.194. The topological polar surface area (TPSA) is 29.5 Å². The summed E-state index contributed by atoms with van der Waals surface area (Å²) in [7, 11) is 0. The number of rotatable bonds is 3. The molecule has 2 aliphatic heterocycles. The molecule has 2 unspecified atom stereocenters. The third kappa shape index (κ3) is 2.76. The van der Waals surface area contributed by atoms with Crippen LogP contribution < -0.4 is 0 Å². The van der Waals surface area contributed by atoms with Crippen molar-refractivity contribution in [1.29, 1.82) is 0 Å². The average molecular weight is 225 g/mol. The van der Waals surface area contributed by atoms with Gasteiger partial charge in [0.2, 0.25) is 5.91 Å². The molecule has 92 valence electrons. The highest BCUT2D eigenvalue weighted by atomic mass is 16.5. The highest BCUT2D eigenvalue weighted by Crippen LogP contribution is 2.23. The second kappa shape index (κ2) is 5.67. The molecule has 2 aliphatic rings. The van der Waals surface area contributed by atoms with Crippen LogP contribution >= 0.6 is 0 Å². The largest absolute Gasteiger partial charge is 0.378 e. The number of likely N-dealkylation sites (tertiary alicyclic amines) is 1. The average Bonchev–Trinajstić information content (AvgIpc) is 2.78. The van der Waals surface area contributed by atoms with Gasteiger partial charge in [-0.2, -0.15) is 0 Å². The van der Waals surface area contributed by atoms with Gasteiger partial charge in [0, 0.05) is 19.2 Å². The molecule has 2 fully saturated rings. The maximum Gasteiger partial charge on any atom is 0.225 e. The quantitative estimate of drug-likeness (QED) is 0.738. The predicted octanol–water partition coefficient (Wildman–Crippen LogP) is 2.35. The van der Waals surface area contributed by atoms with Crippen molar-refractivity contribution in [2.45, 2.75) is 64.0 Å². The summed E-state index contributed by atoms with van der Waals surface area (Å²) < 4.78 is 5.63. The molecule has 0 spiro atoms. The normalized spacial score (nSPS) is 30.7. The first kappa shape index (κ1) is 11.9. The Kier molecular flexibility index (Phi) is 4.22. The Balaban J connectivity index is 1.82. The summed E-state index contributed by atoms with van der Waals surface area (Å²) in [6.07, 6.45) is 7.70. The maximum absolute atomic E-state index is 12.1. The second-order valence-electron chi connectivity index (χ2n) is 4.98. The molecule has 2 saturated heterocycles. The summed E-state index contributed by atoms with van der Waals surface area (Å²) in [5.74, 6) is 0.316. The fourth-order valence-electron chi connectivity index (χ4n) is 2.87. The molecule has 0 saturated carbocycles. The van der Waals surface area contributed by atoms with Crippen LogP contribution in [-0.2, 0) is 9.53 Å². The van der Waals surface area contributed by atoms with E-state index in [1.54, 1.807) is 0 Å². The van der Waals surface area contributed by atoms with E-state index in [0.29, 0.717) is 18.4 Å². The van der Waals surface area contributed by atoms with E-state index in [4.69, 9.17) is 4.74 Å². The molecule has 16 heavy (non-hydrogen) atoms.